The minimum absolute atomic E-state index is 0.285. The van der Waals surface area contributed by atoms with E-state index in [9.17, 15) is 9.90 Å². The van der Waals surface area contributed by atoms with E-state index in [2.05, 4.69) is 31.8 Å². The van der Waals surface area contributed by atoms with Gasteiger partial charge in [-0.25, -0.2) is 19.9 Å². The number of fused-ring (bicyclic) bond motifs is 1. The molecule has 0 radical (unpaired) electrons. The Morgan fingerprint density at radius 3 is 2.86 bits per heavy atom. The Morgan fingerprint density at radius 2 is 2.11 bits per heavy atom. The molecular weight excluding hydrogens is 356 g/mol. The molecule has 0 aliphatic carbocycles. The quantitative estimate of drug-likeness (QED) is 0.608. The third-order valence-corrected chi connectivity index (χ3v) is 4.81. The number of carbonyl (C=O) groups is 1. The van der Waals surface area contributed by atoms with Crippen LogP contribution in [0.4, 0.5) is 5.82 Å². The minimum Gasteiger partial charge on any atom is -0.382 e. The van der Waals surface area contributed by atoms with Crippen molar-refractivity contribution in [2.45, 2.75) is 18.9 Å². The molecular formula is C20H18N6O2. The Balaban J connectivity index is 1.74. The van der Waals surface area contributed by atoms with Gasteiger partial charge in [-0.15, -0.1) is 0 Å². The molecule has 28 heavy (non-hydrogen) atoms. The van der Waals surface area contributed by atoms with E-state index in [1.807, 2.05) is 25.1 Å². The fourth-order valence-electron chi connectivity index (χ4n) is 3.09. The molecule has 0 bridgehead atoms. The van der Waals surface area contributed by atoms with Crippen LogP contribution >= 0.6 is 0 Å². The number of amides is 1. The van der Waals surface area contributed by atoms with Crippen LogP contribution in [0.2, 0.25) is 0 Å². The zero-order valence-electron chi connectivity index (χ0n) is 15.5. The van der Waals surface area contributed by atoms with Crippen LogP contribution in [0.3, 0.4) is 0 Å². The second kappa shape index (κ2) is 6.55. The van der Waals surface area contributed by atoms with E-state index in [0.29, 0.717) is 35.4 Å². The number of hydrogen-bond donors (Lipinski definition) is 2. The molecule has 140 valence electrons. The van der Waals surface area contributed by atoms with Gasteiger partial charge in [-0.3, -0.25) is 4.79 Å². The van der Waals surface area contributed by atoms with Gasteiger partial charge in [-0.2, -0.15) is 0 Å². The number of nitrogens with two attached hydrogens (primary N) is 1. The van der Waals surface area contributed by atoms with Gasteiger partial charge in [0.25, 0.3) is 5.91 Å². The third kappa shape index (κ3) is 3.02. The number of rotatable bonds is 1. The molecule has 1 aliphatic rings. The number of benzene rings is 1. The average Bonchev–Trinajstić information content (AvgIpc) is 2.95. The topological polar surface area (TPSA) is 118 Å². The van der Waals surface area contributed by atoms with Gasteiger partial charge in [-0.1, -0.05) is 17.9 Å². The van der Waals surface area contributed by atoms with Crippen molar-refractivity contribution in [1.29, 1.82) is 0 Å². The van der Waals surface area contributed by atoms with Crippen LogP contribution in [0.1, 0.15) is 17.5 Å². The van der Waals surface area contributed by atoms with Crippen molar-refractivity contribution in [3.8, 4) is 23.2 Å². The summed E-state index contributed by atoms with van der Waals surface area (Å²) in [6.07, 6.45) is 3.26. The normalized spacial score (nSPS) is 19.0. The maximum absolute atomic E-state index is 12.1. The van der Waals surface area contributed by atoms with Gasteiger partial charge in [0.1, 0.15) is 17.4 Å². The highest BCUT2D eigenvalue weighted by atomic mass is 16.3. The SMILES string of the molecule is Cc1ccc(C#C[C@]2(O)CCN(C)C2=O)cc1-c1ncc2ncnc(N)c2n1. The Bertz CT molecular complexity index is 1170. The van der Waals surface area contributed by atoms with Gasteiger partial charge in [0.15, 0.2) is 11.6 Å². The van der Waals surface area contributed by atoms with Crippen LogP contribution in [0, 0.1) is 18.8 Å². The predicted octanol–water partition coefficient (Wildman–Crippen LogP) is 0.922. The van der Waals surface area contributed by atoms with Crippen LogP contribution in [0.25, 0.3) is 22.4 Å². The standard InChI is InChI=1S/C20H18N6O2/c1-12-3-4-13(5-6-20(28)7-8-26(2)19(20)27)9-14(12)18-22-10-15-16(25-18)17(21)24-11-23-15/h3-4,9-11,28H,7-8H2,1-2H3,(H2,21,23,24)/t20-/m0/s1. The molecule has 1 aromatic carbocycles. The molecule has 0 saturated carbocycles. The maximum Gasteiger partial charge on any atom is 0.267 e. The van der Waals surface area contributed by atoms with Crippen LogP contribution in [-0.2, 0) is 4.79 Å². The van der Waals surface area contributed by atoms with Gasteiger partial charge < -0.3 is 15.7 Å². The highest BCUT2D eigenvalue weighted by Crippen LogP contribution is 2.25. The van der Waals surface area contributed by atoms with Gasteiger partial charge in [-0.05, 0) is 24.6 Å². The fourth-order valence-corrected chi connectivity index (χ4v) is 3.09. The van der Waals surface area contributed by atoms with Gasteiger partial charge in [0.2, 0.25) is 5.60 Å². The summed E-state index contributed by atoms with van der Waals surface area (Å²) in [5, 5.41) is 10.5. The van der Waals surface area contributed by atoms with Crippen molar-refractivity contribution in [3.05, 3.63) is 41.9 Å². The van der Waals surface area contributed by atoms with Crippen molar-refractivity contribution in [2.75, 3.05) is 19.3 Å². The molecule has 3 N–H and O–H groups in total. The first kappa shape index (κ1) is 17.8. The molecule has 1 atom stereocenters. The largest absolute Gasteiger partial charge is 0.382 e. The van der Waals surface area contributed by atoms with E-state index in [1.165, 1.54) is 11.2 Å². The molecule has 1 saturated heterocycles. The summed E-state index contributed by atoms with van der Waals surface area (Å²) in [5.74, 6) is 6.02. The molecule has 3 heterocycles. The van der Waals surface area contributed by atoms with E-state index >= 15 is 0 Å². The van der Waals surface area contributed by atoms with E-state index in [-0.39, 0.29) is 11.7 Å². The second-order valence-corrected chi connectivity index (χ2v) is 6.80. The number of nitrogens with zero attached hydrogens (tertiary/aromatic N) is 5. The molecule has 4 rings (SSSR count). The molecule has 2 aromatic heterocycles. The maximum atomic E-state index is 12.1. The van der Waals surface area contributed by atoms with E-state index in [0.717, 1.165) is 11.1 Å². The Hall–Kier alpha value is -3.57. The minimum atomic E-state index is -1.63. The number of likely N-dealkylation sites (N-methyl/N-ethyl adjacent to an activating group) is 1. The lowest BCUT2D eigenvalue weighted by Crippen LogP contribution is -2.37. The van der Waals surface area contributed by atoms with Crippen LogP contribution < -0.4 is 5.73 Å². The summed E-state index contributed by atoms with van der Waals surface area (Å²) in [6.45, 7) is 2.42. The lowest BCUT2D eigenvalue weighted by Gasteiger charge is -2.13. The molecule has 0 unspecified atom stereocenters. The molecule has 8 heteroatoms. The van der Waals surface area contributed by atoms with Crippen molar-refractivity contribution in [3.63, 3.8) is 0 Å². The number of nitrogen functional groups attached to an aromatic ring is 1. The number of aliphatic hydroxyl groups is 1. The fraction of sp³-hybridized carbons (Fsp3) is 0.250. The summed E-state index contributed by atoms with van der Waals surface area (Å²) < 4.78 is 0. The van der Waals surface area contributed by atoms with Crippen molar-refractivity contribution >= 4 is 22.8 Å². The van der Waals surface area contributed by atoms with Crippen molar-refractivity contribution in [2.24, 2.45) is 0 Å². The molecule has 0 spiro atoms. The molecule has 3 aromatic rings. The van der Waals surface area contributed by atoms with Crippen LogP contribution in [0.5, 0.6) is 0 Å². The van der Waals surface area contributed by atoms with E-state index in [1.54, 1.807) is 13.2 Å². The monoisotopic (exact) mass is 374 g/mol. The summed E-state index contributed by atoms with van der Waals surface area (Å²) >= 11 is 0. The Labute approximate surface area is 161 Å². The van der Waals surface area contributed by atoms with E-state index < -0.39 is 5.60 Å². The summed E-state index contributed by atoms with van der Waals surface area (Å²) in [6, 6.07) is 5.55. The number of anilines is 1. The average molecular weight is 374 g/mol. The van der Waals surface area contributed by atoms with Crippen molar-refractivity contribution < 1.29 is 9.90 Å². The number of likely N-dealkylation sites (tertiary alicyclic amines) is 1. The Morgan fingerprint density at radius 1 is 1.29 bits per heavy atom. The Kier molecular flexibility index (Phi) is 4.17. The highest BCUT2D eigenvalue weighted by Gasteiger charge is 2.42. The van der Waals surface area contributed by atoms with Gasteiger partial charge >= 0.3 is 0 Å². The smallest absolute Gasteiger partial charge is 0.267 e. The molecule has 1 fully saturated rings. The van der Waals surface area contributed by atoms with E-state index in [4.69, 9.17) is 5.73 Å². The van der Waals surface area contributed by atoms with Crippen molar-refractivity contribution in [1.82, 2.24) is 24.8 Å². The number of carbonyl (C=O) groups excluding carboxylic acids is 1. The highest BCUT2D eigenvalue weighted by molar-refractivity contribution is 5.90. The number of hydrogen-bond acceptors (Lipinski definition) is 7. The summed E-state index contributed by atoms with van der Waals surface area (Å²) in [5.41, 5.74) is 7.70. The lowest BCUT2D eigenvalue weighted by atomic mass is 10.0. The first-order valence-electron chi connectivity index (χ1n) is 8.73. The first-order valence-corrected chi connectivity index (χ1v) is 8.73. The van der Waals surface area contributed by atoms with Crippen LogP contribution in [0.15, 0.2) is 30.7 Å². The number of aromatic nitrogens is 4. The number of aryl methyl sites for hydroxylation is 1. The van der Waals surface area contributed by atoms with Crippen LogP contribution in [-0.4, -0.2) is 55.0 Å². The molecule has 8 nitrogen and oxygen atoms in total. The summed E-state index contributed by atoms with van der Waals surface area (Å²) in [4.78, 5) is 30.5. The summed E-state index contributed by atoms with van der Waals surface area (Å²) in [7, 11) is 1.65. The second-order valence-electron chi connectivity index (χ2n) is 6.80. The molecule has 1 aliphatic heterocycles. The first-order chi connectivity index (χ1) is 13.4. The zero-order chi connectivity index (χ0) is 19.9. The van der Waals surface area contributed by atoms with Gasteiger partial charge in [0.05, 0.1) is 6.20 Å². The molecule has 1 amide bonds. The predicted molar refractivity (Wildman–Crippen MR) is 104 cm³/mol. The zero-order valence-corrected chi connectivity index (χ0v) is 15.5. The van der Waals surface area contributed by atoms with Gasteiger partial charge in [0, 0.05) is 31.1 Å². The third-order valence-electron chi connectivity index (χ3n) is 4.81. The lowest BCUT2D eigenvalue weighted by molar-refractivity contribution is -0.137.